The van der Waals surface area contributed by atoms with Gasteiger partial charge in [0.25, 0.3) is 0 Å². The Morgan fingerprint density at radius 1 is 1.04 bits per heavy atom. The van der Waals surface area contributed by atoms with Gasteiger partial charge in [0.05, 0.1) is 10.1 Å². The number of hydrogen-bond acceptors (Lipinski definition) is 3. The van der Waals surface area contributed by atoms with Crippen molar-refractivity contribution >= 4 is 15.9 Å². The molecule has 1 saturated carbocycles. The highest BCUT2D eigenvalue weighted by Gasteiger charge is 2.48. The minimum atomic E-state index is -3.53. The molecule has 2 heterocycles. The maximum absolute atomic E-state index is 13.0. The van der Waals surface area contributed by atoms with Crippen LogP contribution < -0.4 is 0 Å². The summed E-state index contributed by atoms with van der Waals surface area (Å²) in [5.74, 6) is 0.875. The van der Waals surface area contributed by atoms with Crippen LogP contribution in [0.2, 0.25) is 0 Å². The molecular formula is C16H19FN2O3S. The lowest BCUT2D eigenvalue weighted by Crippen LogP contribution is -2.42. The second-order valence-electron chi connectivity index (χ2n) is 6.80. The standard InChI is InChI=1S/C16H19FN2O3S/c17-13-1-3-14(4-2-13)23(21,22)15-5-6-18(10-15)16(20)19-8-11-7-12(11)9-19/h1-4,11-12,15H,5-10H2. The van der Waals surface area contributed by atoms with Crippen molar-refractivity contribution < 1.29 is 17.6 Å². The summed E-state index contributed by atoms with van der Waals surface area (Å²) < 4.78 is 38.2. The minimum absolute atomic E-state index is 0.0333. The number of urea groups is 1. The number of rotatable bonds is 2. The van der Waals surface area contributed by atoms with Gasteiger partial charge in [-0.15, -0.1) is 0 Å². The van der Waals surface area contributed by atoms with Crippen molar-refractivity contribution in [1.29, 1.82) is 0 Å². The van der Waals surface area contributed by atoms with Gasteiger partial charge in [0.1, 0.15) is 5.82 Å². The summed E-state index contributed by atoms with van der Waals surface area (Å²) in [6.45, 7) is 2.32. The number of amides is 2. The van der Waals surface area contributed by atoms with E-state index in [2.05, 4.69) is 0 Å². The zero-order chi connectivity index (χ0) is 16.2. The molecule has 2 saturated heterocycles. The van der Waals surface area contributed by atoms with Gasteiger partial charge in [0, 0.05) is 26.2 Å². The van der Waals surface area contributed by atoms with Crippen LogP contribution in [0.5, 0.6) is 0 Å². The van der Waals surface area contributed by atoms with E-state index in [1.54, 1.807) is 4.90 Å². The quantitative estimate of drug-likeness (QED) is 0.772. The van der Waals surface area contributed by atoms with E-state index in [1.165, 1.54) is 18.6 Å². The molecule has 0 radical (unpaired) electrons. The molecule has 2 aliphatic heterocycles. The highest BCUT2D eigenvalue weighted by Crippen LogP contribution is 2.45. The van der Waals surface area contributed by atoms with Crippen LogP contribution in [-0.2, 0) is 9.84 Å². The monoisotopic (exact) mass is 338 g/mol. The molecular weight excluding hydrogens is 319 g/mol. The third-order valence-corrected chi connectivity index (χ3v) is 7.44. The van der Waals surface area contributed by atoms with Crippen molar-refractivity contribution in [3.05, 3.63) is 30.1 Å². The zero-order valence-electron chi connectivity index (χ0n) is 12.7. The Morgan fingerprint density at radius 3 is 2.35 bits per heavy atom. The Bertz CT molecular complexity index is 724. The third kappa shape index (κ3) is 2.60. The van der Waals surface area contributed by atoms with Crippen LogP contribution in [0.4, 0.5) is 9.18 Å². The summed E-state index contributed by atoms with van der Waals surface area (Å²) in [5, 5.41) is -0.603. The molecule has 0 bridgehead atoms. The predicted octanol–water partition coefficient (Wildman–Crippen LogP) is 1.75. The number of likely N-dealkylation sites (tertiary alicyclic amines) is 2. The van der Waals surface area contributed by atoms with E-state index >= 15 is 0 Å². The second kappa shape index (κ2) is 5.19. The number of piperidine rings is 1. The van der Waals surface area contributed by atoms with Crippen molar-refractivity contribution in [2.24, 2.45) is 11.8 Å². The molecule has 1 aromatic rings. The molecule has 3 unspecified atom stereocenters. The number of benzene rings is 1. The van der Waals surface area contributed by atoms with E-state index in [-0.39, 0.29) is 17.5 Å². The first-order valence-electron chi connectivity index (χ1n) is 7.98. The molecule has 5 nitrogen and oxygen atoms in total. The Balaban J connectivity index is 1.45. The largest absolute Gasteiger partial charge is 0.324 e. The van der Waals surface area contributed by atoms with Crippen molar-refractivity contribution in [3.63, 3.8) is 0 Å². The normalized spacial score (nSPS) is 29.7. The highest BCUT2D eigenvalue weighted by atomic mass is 32.2. The Labute approximate surface area is 135 Å². The molecule has 3 fully saturated rings. The van der Waals surface area contributed by atoms with Gasteiger partial charge < -0.3 is 9.80 Å². The molecule has 124 valence electrons. The van der Waals surface area contributed by atoms with E-state index < -0.39 is 20.9 Å². The lowest BCUT2D eigenvalue weighted by Gasteiger charge is -2.25. The fraction of sp³-hybridized carbons (Fsp3) is 0.562. The van der Waals surface area contributed by atoms with Gasteiger partial charge in [-0.05, 0) is 48.9 Å². The van der Waals surface area contributed by atoms with Gasteiger partial charge in [-0.25, -0.2) is 17.6 Å². The number of carbonyl (C=O) groups is 1. The second-order valence-corrected chi connectivity index (χ2v) is 9.03. The first-order valence-corrected chi connectivity index (χ1v) is 9.53. The molecule has 0 aromatic heterocycles. The number of fused-ring (bicyclic) bond motifs is 1. The lowest BCUT2D eigenvalue weighted by atomic mass is 10.3. The Morgan fingerprint density at radius 2 is 1.70 bits per heavy atom. The van der Waals surface area contributed by atoms with Crippen LogP contribution in [-0.4, -0.2) is 55.7 Å². The summed E-state index contributed by atoms with van der Waals surface area (Å²) in [6.07, 6.45) is 1.66. The topological polar surface area (TPSA) is 57.7 Å². The first-order chi connectivity index (χ1) is 10.9. The Kier molecular flexibility index (Phi) is 3.37. The van der Waals surface area contributed by atoms with Gasteiger partial charge >= 0.3 is 6.03 Å². The maximum atomic E-state index is 13.0. The molecule has 0 spiro atoms. The number of carbonyl (C=O) groups excluding carboxylic acids is 1. The average molecular weight is 338 g/mol. The molecule has 23 heavy (non-hydrogen) atoms. The van der Waals surface area contributed by atoms with Gasteiger partial charge in [-0.2, -0.15) is 0 Å². The summed E-state index contributed by atoms with van der Waals surface area (Å²) in [5.41, 5.74) is 0. The van der Waals surface area contributed by atoms with Crippen LogP contribution in [0.15, 0.2) is 29.2 Å². The number of hydrogen-bond donors (Lipinski definition) is 0. The van der Waals surface area contributed by atoms with Gasteiger partial charge in [0.2, 0.25) is 0 Å². The van der Waals surface area contributed by atoms with Crippen LogP contribution in [0.25, 0.3) is 0 Å². The van der Waals surface area contributed by atoms with Crippen molar-refractivity contribution in [1.82, 2.24) is 9.80 Å². The average Bonchev–Trinajstić information content (AvgIpc) is 2.95. The first kappa shape index (κ1) is 14.9. The van der Waals surface area contributed by atoms with Crippen LogP contribution in [0.3, 0.4) is 0 Å². The minimum Gasteiger partial charge on any atom is -0.324 e. The molecule has 1 aliphatic carbocycles. The van der Waals surface area contributed by atoms with Crippen molar-refractivity contribution in [2.75, 3.05) is 26.2 Å². The molecule has 4 rings (SSSR count). The van der Waals surface area contributed by atoms with Gasteiger partial charge in [0.15, 0.2) is 9.84 Å². The molecule has 3 atom stereocenters. The smallest absolute Gasteiger partial charge is 0.320 e. The third-order valence-electron chi connectivity index (χ3n) is 5.25. The summed E-state index contributed by atoms with van der Waals surface area (Å²) >= 11 is 0. The van der Waals surface area contributed by atoms with Crippen LogP contribution >= 0.6 is 0 Å². The fourth-order valence-corrected chi connectivity index (χ4v) is 5.42. The van der Waals surface area contributed by atoms with E-state index in [9.17, 15) is 17.6 Å². The fourth-order valence-electron chi connectivity index (χ4n) is 3.73. The van der Waals surface area contributed by atoms with Crippen LogP contribution in [0.1, 0.15) is 12.8 Å². The van der Waals surface area contributed by atoms with Crippen molar-refractivity contribution in [2.45, 2.75) is 23.0 Å². The van der Waals surface area contributed by atoms with E-state index in [4.69, 9.17) is 0 Å². The number of halogens is 1. The SMILES string of the molecule is O=C(N1CC2CC2C1)N1CCC(S(=O)(=O)c2ccc(F)cc2)C1. The Hall–Kier alpha value is -1.63. The highest BCUT2D eigenvalue weighted by molar-refractivity contribution is 7.92. The molecule has 3 aliphatic rings. The number of nitrogens with zero attached hydrogens (tertiary/aromatic N) is 2. The summed E-state index contributed by atoms with van der Waals surface area (Å²) in [4.78, 5) is 16.1. The van der Waals surface area contributed by atoms with Crippen molar-refractivity contribution in [3.8, 4) is 0 Å². The number of sulfone groups is 1. The predicted molar refractivity (Wildman–Crippen MR) is 82.1 cm³/mol. The van der Waals surface area contributed by atoms with E-state index in [0.29, 0.717) is 24.8 Å². The van der Waals surface area contributed by atoms with Gasteiger partial charge in [-0.3, -0.25) is 0 Å². The molecule has 7 heteroatoms. The summed E-state index contributed by atoms with van der Waals surface area (Å²) in [7, 11) is -3.53. The van der Waals surface area contributed by atoms with Gasteiger partial charge in [-0.1, -0.05) is 0 Å². The molecule has 1 aromatic carbocycles. The lowest BCUT2D eigenvalue weighted by molar-refractivity contribution is 0.168. The van der Waals surface area contributed by atoms with E-state index in [1.807, 2.05) is 4.90 Å². The summed E-state index contributed by atoms with van der Waals surface area (Å²) in [6, 6.07) is 4.86. The molecule has 0 N–H and O–H groups in total. The zero-order valence-corrected chi connectivity index (χ0v) is 13.5. The van der Waals surface area contributed by atoms with Crippen LogP contribution in [0, 0.1) is 17.7 Å². The maximum Gasteiger partial charge on any atom is 0.320 e. The van der Waals surface area contributed by atoms with E-state index in [0.717, 1.165) is 25.2 Å². The molecule has 2 amide bonds.